The largest absolute Gasteiger partial charge is 0.248 e. The van der Waals surface area contributed by atoms with Gasteiger partial charge < -0.3 is 0 Å². The van der Waals surface area contributed by atoms with E-state index in [1.807, 2.05) is 18.2 Å². The van der Waals surface area contributed by atoms with Crippen LogP contribution in [-0.4, -0.2) is 4.98 Å². The Kier molecular flexibility index (Phi) is 2.87. The van der Waals surface area contributed by atoms with E-state index in [-0.39, 0.29) is 0 Å². The molecule has 15 heavy (non-hydrogen) atoms. The van der Waals surface area contributed by atoms with Gasteiger partial charge in [-0.1, -0.05) is 31.9 Å². The molecule has 0 unspecified atom stereocenters. The van der Waals surface area contributed by atoms with Gasteiger partial charge in [-0.3, -0.25) is 0 Å². The first-order chi connectivity index (χ1) is 7.25. The fourth-order valence-electron chi connectivity index (χ4n) is 1.76. The minimum atomic E-state index is 0.665. The van der Waals surface area contributed by atoms with Gasteiger partial charge >= 0.3 is 0 Å². The lowest BCUT2D eigenvalue weighted by Gasteiger charge is -2.05. The Bertz CT molecular complexity index is 420. The molecule has 76 valence electrons. The van der Waals surface area contributed by atoms with Crippen molar-refractivity contribution in [2.24, 2.45) is 11.8 Å². The van der Waals surface area contributed by atoms with Gasteiger partial charge in [0.25, 0.3) is 0 Å². The number of nitrogens with zero attached hydrogens (tertiary/aromatic N) is 1. The summed E-state index contributed by atoms with van der Waals surface area (Å²) in [5.74, 6) is 7.70. The van der Waals surface area contributed by atoms with Crippen LogP contribution in [0.15, 0.2) is 36.0 Å². The van der Waals surface area contributed by atoms with Crippen LogP contribution in [0, 0.1) is 23.7 Å². The maximum atomic E-state index is 4.18. The zero-order valence-corrected chi connectivity index (χ0v) is 9.20. The van der Waals surface area contributed by atoms with Crippen molar-refractivity contribution in [1.82, 2.24) is 4.98 Å². The van der Waals surface area contributed by atoms with E-state index in [2.05, 4.69) is 36.7 Å². The van der Waals surface area contributed by atoms with Gasteiger partial charge in [0.1, 0.15) is 5.69 Å². The topological polar surface area (TPSA) is 12.9 Å². The average Bonchev–Trinajstić information content (AvgIpc) is 2.57. The summed E-state index contributed by atoms with van der Waals surface area (Å²) in [4.78, 5) is 4.18. The molecule has 1 aliphatic rings. The van der Waals surface area contributed by atoms with Gasteiger partial charge in [0.05, 0.1) is 0 Å². The van der Waals surface area contributed by atoms with E-state index in [0.717, 1.165) is 18.0 Å². The highest BCUT2D eigenvalue weighted by Gasteiger charge is 2.18. The van der Waals surface area contributed by atoms with E-state index in [0.29, 0.717) is 5.92 Å². The molecule has 0 aliphatic heterocycles. The molecule has 1 nitrogen and oxygen atoms in total. The van der Waals surface area contributed by atoms with Crippen molar-refractivity contribution < 1.29 is 0 Å². The summed E-state index contributed by atoms with van der Waals surface area (Å²) in [6, 6.07) is 5.81. The molecule has 0 N–H and O–H groups in total. The van der Waals surface area contributed by atoms with E-state index in [1.165, 1.54) is 5.57 Å². The molecule has 0 radical (unpaired) electrons. The zero-order valence-electron chi connectivity index (χ0n) is 9.20. The molecular formula is C14H15N. The third-order valence-electron chi connectivity index (χ3n) is 2.92. The van der Waals surface area contributed by atoms with Crippen LogP contribution in [-0.2, 0) is 0 Å². The van der Waals surface area contributed by atoms with Crippen LogP contribution >= 0.6 is 0 Å². The lowest BCUT2D eigenvalue weighted by Crippen LogP contribution is -1.96. The first-order valence-electron chi connectivity index (χ1n) is 5.39. The van der Waals surface area contributed by atoms with Gasteiger partial charge in [0, 0.05) is 6.20 Å². The Morgan fingerprint density at radius 2 is 2.13 bits per heavy atom. The predicted octanol–water partition coefficient (Wildman–Crippen LogP) is 3.04. The third-order valence-corrected chi connectivity index (χ3v) is 2.92. The Balaban J connectivity index is 2.11. The molecule has 0 spiro atoms. The summed E-state index contributed by atoms with van der Waals surface area (Å²) in [5.41, 5.74) is 2.12. The molecular weight excluding hydrogens is 182 g/mol. The molecule has 2 atom stereocenters. The van der Waals surface area contributed by atoms with Crippen LogP contribution in [0.25, 0.3) is 0 Å². The van der Waals surface area contributed by atoms with Crippen molar-refractivity contribution >= 4 is 0 Å². The molecule has 0 aromatic carbocycles. The smallest absolute Gasteiger partial charge is 0.113 e. The summed E-state index contributed by atoms with van der Waals surface area (Å²) in [5, 5.41) is 0. The van der Waals surface area contributed by atoms with Crippen molar-refractivity contribution in [3.8, 4) is 11.8 Å². The third kappa shape index (κ3) is 2.47. The van der Waals surface area contributed by atoms with Crippen molar-refractivity contribution in [2.75, 3.05) is 0 Å². The summed E-state index contributed by atoms with van der Waals surface area (Å²) < 4.78 is 0. The van der Waals surface area contributed by atoms with Crippen LogP contribution in [0.3, 0.4) is 0 Å². The molecule has 0 saturated heterocycles. The van der Waals surface area contributed by atoms with Crippen molar-refractivity contribution in [3.63, 3.8) is 0 Å². The summed E-state index contributed by atoms with van der Waals surface area (Å²) in [6.45, 7) is 4.52. The van der Waals surface area contributed by atoms with Crippen LogP contribution < -0.4 is 0 Å². The Hall–Kier alpha value is -1.55. The van der Waals surface area contributed by atoms with E-state index in [9.17, 15) is 0 Å². The normalized spacial score (nSPS) is 24.3. The highest BCUT2D eigenvalue weighted by atomic mass is 14.6. The summed E-state index contributed by atoms with van der Waals surface area (Å²) in [7, 11) is 0. The SMILES string of the molecule is C[C@@H]1C=C(C#Cc2ccccn2)C[C@@H]1C. The standard InChI is InChI=1S/C14H15N/c1-11-9-13(10-12(11)2)6-7-14-5-3-4-8-15-14/h3-5,8-9,11-12H,10H2,1-2H3/t11-,12+/m1/s1. The molecule has 1 heterocycles. The molecule has 1 aliphatic carbocycles. The number of aromatic nitrogens is 1. The van der Waals surface area contributed by atoms with E-state index in [1.54, 1.807) is 6.20 Å². The second kappa shape index (κ2) is 4.31. The average molecular weight is 197 g/mol. The van der Waals surface area contributed by atoms with Crippen molar-refractivity contribution in [2.45, 2.75) is 20.3 Å². The van der Waals surface area contributed by atoms with Crippen molar-refractivity contribution in [1.29, 1.82) is 0 Å². The molecule has 0 fully saturated rings. The first-order valence-corrected chi connectivity index (χ1v) is 5.39. The van der Waals surface area contributed by atoms with E-state index in [4.69, 9.17) is 0 Å². The Labute approximate surface area is 91.2 Å². The first kappa shape index (κ1) is 9.98. The maximum absolute atomic E-state index is 4.18. The minimum Gasteiger partial charge on any atom is -0.248 e. The van der Waals surface area contributed by atoms with Crippen LogP contribution in [0.1, 0.15) is 26.0 Å². The lowest BCUT2D eigenvalue weighted by atomic mass is 10.00. The fourth-order valence-corrected chi connectivity index (χ4v) is 1.76. The fraction of sp³-hybridized carbons (Fsp3) is 0.357. The van der Waals surface area contributed by atoms with Gasteiger partial charge in [-0.2, -0.15) is 0 Å². The number of hydrogen-bond acceptors (Lipinski definition) is 1. The highest BCUT2D eigenvalue weighted by molar-refractivity contribution is 5.39. The van der Waals surface area contributed by atoms with Gasteiger partial charge in [0.2, 0.25) is 0 Å². The maximum Gasteiger partial charge on any atom is 0.113 e. The molecule has 1 heteroatoms. The second-order valence-electron chi connectivity index (χ2n) is 4.20. The molecule has 0 bridgehead atoms. The monoisotopic (exact) mass is 197 g/mol. The summed E-state index contributed by atoms with van der Waals surface area (Å²) >= 11 is 0. The summed E-state index contributed by atoms with van der Waals surface area (Å²) in [6.07, 6.45) is 5.17. The predicted molar refractivity (Wildman–Crippen MR) is 62.1 cm³/mol. The van der Waals surface area contributed by atoms with Gasteiger partial charge in [-0.05, 0) is 41.9 Å². The highest BCUT2D eigenvalue weighted by Crippen LogP contribution is 2.29. The van der Waals surface area contributed by atoms with E-state index >= 15 is 0 Å². The minimum absolute atomic E-state index is 0.665. The molecule has 1 aromatic rings. The van der Waals surface area contributed by atoms with E-state index < -0.39 is 0 Å². The quantitative estimate of drug-likeness (QED) is 0.582. The van der Waals surface area contributed by atoms with Crippen LogP contribution in [0.4, 0.5) is 0 Å². The number of rotatable bonds is 0. The molecule has 0 amide bonds. The number of pyridine rings is 1. The lowest BCUT2D eigenvalue weighted by molar-refractivity contribution is 0.496. The zero-order chi connectivity index (χ0) is 10.7. The Morgan fingerprint density at radius 1 is 1.27 bits per heavy atom. The second-order valence-corrected chi connectivity index (χ2v) is 4.20. The van der Waals surface area contributed by atoms with Crippen LogP contribution in [0.2, 0.25) is 0 Å². The van der Waals surface area contributed by atoms with Crippen LogP contribution in [0.5, 0.6) is 0 Å². The number of hydrogen-bond donors (Lipinski definition) is 0. The molecule has 0 saturated carbocycles. The molecule has 1 aromatic heterocycles. The van der Waals surface area contributed by atoms with Crippen molar-refractivity contribution in [3.05, 3.63) is 41.7 Å². The number of allylic oxidation sites excluding steroid dienone is 2. The molecule has 2 rings (SSSR count). The van der Waals surface area contributed by atoms with Gasteiger partial charge in [-0.15, -0.1) is 0 Å². The van der Waals surface area contributed by atoms with Gasteiger partial charge in [-0.25, -0.2) is 4.98 Å². The van der Waals surface area contributed by atoms with Gasteiger partial charge in [0.15, 0.2) is 0 Å². The Morgan fingerprint density at radius 3 is 2.73 bits per heavy atom.